The highest BCUT2D eigenvalue weighted by Crippen LogP contribution is 1.79. The second-order valence-electron chi connectivity index (χ2n) is 3.02. The molecule has 2 N–H and O–H groups in total. The summed E-state index contributed by atoms with van der Waals surface area (Å²) in [7, 11) is 2.02. The maximum Gasteiger partial charge on any atom is 0.243 e. The molecular formula is C9H17N3O2. The van der Waals surface area contributed by atoms with E-state index in [-0.39, 0.29) is 0 Å². The van der Waals surface area contributed by atoms with Crippen LogP contribution in [0.5, 0.6) is 0 Å². The van der Waals surface area contributed by atoms with Gasteiger partial charge in [0.1, 0.15) is 12.4 Å². The minimum atomic E-state index is -1.21. The van der Waals surface area contributed by atoms with Crippen molar-refractivity contribution >= 4 is 5.97 Å². The van der Waals surface area contributed by atoms with E-state index >= 15 is 0 Å². The molecule has 1 aromatic rings. The number of aliphatic carboxylic acids is 1. The SMILES string of the molecule is CCn1cc[n+](C)c1.C[C@H](N)C(=O)[O-]. The summed E-state index contributed by atoms with van der Waals surface area (Å²) in [6, 6.07) is -0.843. The van der Waals surface area contributed by atoms with Gasteiger partial charge in [-0.2, -0.15) is 0 Å². The molecule has 14 heavy (non-hydrogen) atoms. The minimum Gasteiger partial charge on any atom is -0.548 e. The number of aromatic nitrogens is 2. The van der Waals surface area contributed by atoms with Crippen molar-refractivity contribution in [2.24, 2.45) is 12.8 Å². The largest absolute Gasteiger partial charge is 0.548 e. The molecule has 0 aliphatic rings. The maximum absolute atomic E-state index is 9.46. The van der Waals surface area contributed by atoms with Crippen molar-refractivity contribution in [3.05, 3.63) is 18.7 Å². The molecule has 1 aromatic heterocycles. The van der Waals surface area contributed by atoms with E-state index in [4.69, 9.17) is 5.73 Å². The standard InChI is InChI=1S/C6H11N2.C3H7NO2/c1-3-8-5-4-7(2)6-8;1-2(4)3(5)6/h4-6H,3H2,1-2H3;2H,4H2,1H3,(H,5,6)/q+1;/p-1/t;2-/m.0/s1. The number of nitrogens with zero attached hydrogens (tertiary/aromatic N) is 2. The summed E-state index contributed by atoms with van der Waals surface area (Å²) in [4.78, 5) is 9.46. The van der Waals surface area contributed by atoms with Gasteiger partial charge in [-0.3, -0.25) is 0 Å². The summed E-state index contributed by atoms with van der Waals surface area (Å²) >= 11 is 0. The van der Waals surface area contributed by atoms with E-state index < -0.39 is 12.0 Å². The molecule has 80 valence electrons. The maximum atomic E-state index is 9.46. The fourth-order valence-corrected chi connectivity index (χ4v) is 0.689. The Labute approximate surface area is 83.8 Å². The third kappa shape index (κ3) is 5.31. The van der Waals surface area contributed by atoms with E-state index in [2.05, 4.69) is 24.0 Å². The van der Waals surface area contributed by atoms with Crippen LogP contribution in [0.15, 0.2) is 18.7 Å². The monoisotopic (exact) mass is 199 g/mol. The van der Waals surface area contributed by atoms with Crippen LogP contribution in [-0.4, -0.2) is 16.6 Å². The van der Waals surface area contributed by atoms with Gasteiger partial charge in [-0.1, -0.05) is 0 Å². The first-order valence-electron chi connectivity index (χ1n) is 4.44. The molecule has 1 atom stereocenters. The van der Waals surface area contributed by atoms with Gasteiger partial charge in [0.25, 0.3) is 0 Å². The highest BCUT2D eigenvalue weighted by Gasteiger charge is 1.92. The lowest BCUT2D eigenvalue weighted by Gasteiger charge is -2.01. The molecule has 5 nitrogen and oxygen atoms in total. The lowest BCUT2D eigenvalue weighted by atomic mass is 10.4. The highest BCUT2D eigenvalue weighted by molar-refractivity contribution is 5.70. The molecule has 0 saturated carbocycles. The van der Waals surface area contributed by atoms with E-state index in [0.717, 1.165) is 6.54 Å². The summed E-state index contributed by atoms with van der Waals surface area (Å²) in [5.74, 6) is -1.21. The first-order valence-corrected chi connectivity index (χ1v) is 4.44. The van der Waals surface area contributed by atoms with Crippen LogP contribution in [0.3, 0.4) is 0 Å². The zero-order valence-electron chi connectivity index (χ0n) is 8.80. The number of nitrogens with two attached hydrogens (primary N) is 1. The average Bonchev–Trinajstić information content (AvgIpc) is 2.52. The number of carbonyl (C=O) groups is 1. The second-order valence-corrected chi connectivity index (χ2v) is 3.02. The van der Waals surface area contributed by atoms with E-state index in [0.29, 0.717) is 0 Å². The first-order chi connectivity index (χ1) is 6.47. The molecule has 0 radical (unpaired) electrons. The normalized spacial score (nSPS) is 11.4. The molecule has 0 unspecified atom stereocenters. The summed E-state index contributed by atoms with van der Waals surface area (Å²) in [6.07, 6.45) is 6.14. The Morgan fingerprint density at radius 1 is 1.71 bits per heavy atom. The zero-order valence-corrected chi connectivity index (χ0v) is 8.80. The molecule has 0 aliphatic heterocycles. The summed E-state index contributed by atoms with van der Waals surface area (Å²) < 4.78 is 4.16. The fourth-order valence-electron chi connectivity index (χ4n) is 0.689. The van der Waals surface area contributed by atoms with Crippen molar-refractivity contribution in [1.29, 1.82) is 0 Å². The molecule has 0 amide bonds. The molecule has 5 heteroatoms. The van der Waals surface area contributed by atoms with Crippen molar-refractivity contribution in [3.63, 3.8) is 0 Å². The number of rotatable bonds is 2. The molecule has 0 fully saturated rings. The van der Waals surface area contributed by atoms with E-state index in [9.17, 15) is 9.90 Å². The third-order valence-corrected chi connectivity index (χ3v) is 1.56. The van der Waals surface area contributed by atoms with Crippen LogP contribution >= 0.6 is 0 Å². The predicted octanol–water partition coefficient (Wildman–Crippen LogP) is -1.58. The van der Waals surface area contributed by atoms with E-state index in [1.54, 1.807) is 0 Å². The molecule has 1 heterocycles. The Kier molecular flexibility index (Phi) is 5.55. The van der Waals surface area contributed by atoms with E-state index in [1.165, 1.54) is 6.92 Å². The molecule has 0 spiro atoms. The van der Waals surface area contributed by atoms with Gasteiger partial charge in [0.15, 0.2) is 0 Å². The Hall–Kier alpha value is -1.36. The first kappa shape index (κ1) is 12.6. The average molecular weight is 199 g/mol. The van der Waals surface area contributed by atoms with Crippen LogP contribution in [0.1, 0.15) is 13.8 Å². The molecule has 0 aromatic carbocycles. The number of imidazole rings is 1. The van der Waals surface area contributed by atoms with Crippen LogP contribution in [0.4, 0.5) is 0 Å². The van der Waals surface area contributed by atoms with Crippen molar-refractivity contribution < 1.29 is 14.5 Å². The topological polar surface area (TPSA) is 75.0 Å². The van der Waals surface area contributed by atoms with Crippen LogP contribution in [-0.2, 0) is 18.4 Å². The second kappa shape index (κ2) is 6.15. The van der Waals surface area contributed by atoms with Crippen LogP contribution in [0.25, 0.3) is 0 Å². The summed E-state index contributed by atoms with van der Waals surface area (Å²) in [6.45, 7) is 4.54. The van der Waals surface area contributed by atoms with Gasteiger partial charge in [-0.25, -0.2) is 9.13 Å². The van der Waals surface area contributed by atoms with Crippen LogP contribution in [0, 0.1) is 0 Å². The highest BCUT2D eigenvalue weighted by atomic mass is 16.4. The lowest BCUT2D eigenvalue weighted by molar-refractivity contribution is -0.671. The zero-order chi connectivity index (χ0) is 11.1. The molecular weight excluding hydrogens is 182 g/mol. The number of hydrogen-bond donors (Lipinski definition) is 1. The predicted molar refractivity (Wildman–Crippen MR) is 49.9 cm³/mol. The number of hydrogen-bond acceptors (Lipinski definition) is 3. The van der Waals surface area contributed by atoms with Crippen molar-refractivity contribution in [3.8, 4) is 0 Å². The minimum absolute atomic E-state index is 0.843. The van der Waals surface area contributed by atoms with Crippen LogP contribution < -0.4 is 15.4 Å². The summed E-state index contributed by atoms with van der Waals surface area (Å²) in [5.41, 5.74) is 4.77. The van der Waals surface area contributed by atoms with Gasteiger partial charge in [0.2, 0.25) is 6.33 Å². The quantitative estimate of drug-likeness (QED) is 0.584. The Morgan fingerprint density at radius 2 is 2.21 bits per heavy atom. The van der Waals surface area contributed by atoms with Crippen molar-refractivity contribution in [2.45, 2.75) is 26.4 Å². The molecule has 1 rings (SSSR count). The smallest absolute Gasteiger partial charge is 0.243 e. The van der Waals surface area contributed by atoms with Crippen molar-refractivity contribution in [1.82, 2.24) is 4.57 Å². The van der Waals surface area contributed by atoms with Gasteiger partial charge >= 0.3 is 0 Å². The Morgan fingerprint density at radius 3 is 2.36 bits per heavy atom. The third-order valence-electron chi connectivity index (χ3n) is 1.56. The number of carboxylic acid groups (broad SMARTS) is 1. The van der Waals surface area contributed by atoms with Gasteiger partial charge in [0, 0.05) is 6.04 Å². The molecule has 0 saturated heterocycles. The van der Waals surface area contributed by atoms with E-state index in [1.807, 2.05) is 17.8 Å². The fraction of sp³-hybridized carbons (Fsp3) is 0.556. The molecule has 0 aliphatic carbocycles. The Balaban J connectivity index is 0.000000255. The van der Waals surface area contributed by atoms with Gasteiger partial charge < -0.3 is 15.6 Å². The lowest BCUT2D eigenvalue weighted by Crippen LogP contribution is -2.39. The van der Waals surface area contributed by atoms with Gasteiger partial charge in [-0.15, -0.1) is 0 Å². The number of carboxylic acids is 1. The molecule has 0 bridgehead atoms. The number of carbonyl (C=O) groups excluding carboxylic acids is 1. The Bertz CT molecular complexity index is 281. The van der Waals surface area contributed by atoms with Gasteiger partial charge in [0.05, 0.1) is 19.6 Å². The van der Waals surface area contributed by atoms with Gasteiger partial charge in [-0.05, 0) is 13.8 Å². The van der Waals surface area contributed by atoms with Crippen molar-refractivity contribution in [2.75, 3.05) is 0 Å². The van der Waals surface area contributed by atoms with Crippen LogP contribution in [0.2, 0.25) is 0 Å². The summed E-state index contributed by atoms with van der Waals surface area (Å²) in [5, 5.41) is 9.46. The number of aryl methyl sites for hydroxylation is 2.